The van der Waals surface area contributed by atoms with Crippen molar-refractivity contribution in [1.29, 1.82) is 0 Å². The summed E-state index contributed by atoms with van der Waals surface area (Å²) in [6.07, 6.45) is 2.20. The lowest BCUT2D eigenvalue weighted by Gasteiger charge is -2.27. The van der Waals surface area contributed by atoms with Gasteiger partial charge < -0.3 is 10.6 Å². The third kappa shape index (κ3) is 3.71. The third-order valence-electron chi connectivity index (χ3n) is 3.72. The monoisotopic (exact) mass is 280 g/mol. The van der Waals surface area contributed by atoms with Gasteiger partial charge in [-0.05, 0) is 37.5 Å². The second-order valence-electron chi connectivity index (χ2n) is 5.47. The molecule has 2 N–H and O–H groups in total. The van der Waals surface area contributed by atoms with Crippen molar-refractivity contribution in [2.75, 3.05) is 0 Å². The molecule has 1 aromatic carbocycles. The molecule has 1 saturated carbocycles. The second kappa shape index (κ2) is 5.93. The van der Waals surface area contributed by atoms with Crippen LogP contribution >= 0.6 is 11.6 Å². The Balaban J connectivity index is 2.08. The smallest absolute Gasteiger partial charge is 0.227 e. The van der Waals surface area contributed by atoms with Gasteiger partial charge in [-0.25, -0.2) is 0 Å². The van der Waals surface area contributed by atoms with Crippen molar-refractivity contribution in [3.05, 3.63) is 34.9 Å². The van der Waals surface area contributed by atoms with Gasteiger partial charge in [0.1, 0.15) is 0 Å². The van der Waals surface area contributed by atoms with Gasteiger partial charge in [-0.1, -0.05) is 30.7 Å². The second-order valence-corrected chi connectivity index (χ2v) is 5.91. The lowest BCUT2D eigenvalue weighted by Crippen LogP contribution is -2.42. The number of nitrogens with two attached hydrogens (primary N) is 1. The number of rotatable bonds is 5. The number of hydrogen-bond donors (Lipinski definition) is 1. The summed E-state index contributed by atoms with van der Waals surface area (Å²) in [4.78, 5) is 14.4. The van der Waals surface area contributed by atoms with Crippen LogP contribution in [0.4, 0.5) is 0 Å². The number of halogens is 1. The molecule has 2 unspecified atom stereocenters. The van der Waals surface area contributed by atoms with Crippen molar-refractivity contribution in [2.45, 2.75) is 45.3 Å². The van der Waals surface area contributed by atoms with Crippen LogP contribution in [-0.4, -0.2) is 22.9 Å². The van der Waals surface area contributed by atoms with Gasteiger partial charge in [0.25, 0.3) is 0 Å². The molecule has 2 atom stereocenters. The zero-order chi connectivity index (χ0) is 14.0. The van der Waals surface area contributed by atoms with Crippen LogP contribution in [0.2, 0.25) is 5.02 Å². The van der Waals surface area contributed by atoms with Crippen LogP contribution in [0, 0.1) is 5.92 Å². The molecular formula is C15H21ClN2O. The fourth-order valence-electron chi connectivity index (χ4n) is 2.05. The Kier molecular flexibility index (Phi) is 4.48. The molecule has 3 nitrogen and oxygen atoms in total. The van der Waals surface area contributed by atoms with Gasteiger partial charge in [0, 0.05) is 23.7 Å². The van der Waals surface area contributed by atoms with Crippen LogP contribution in [-0.2, 0) is 11.3 Å². The van der Waals surface area contributed by atoms with Crippen LogP contribution in [0.25, 0.3) is 0 Å². The SMILES string of the molecule is CC(N)C(C)C(=O)N(Cc1ccc(Cl)cc1)C1CC1. The maximum Gasteiger partial charge on any atom is 0.227 e. The van der Waals surface area contributed by atoms with Gasteiger partial charge in [-0.2, -0.15) is 0 Å². The topological polar surface area (TPSA) is 46.3 Å². The van der Waals surface area contributed by atoms with Crippen molar-refractivity contribution < 1.29 is 4.79 Å². The highest BCUT2D eigenvalue weighted by Crippen LogP contribution is 2.30. The van der Waals surface area contributed by atoms with E-state index in [-0.39, 0.29) is 17.9 Å². The van der Waals surface area contributed by atoms with E-state index in [0.717, 1.165) is 23.4 Å². The summed E-state index contributed by atoms with van der Waals surface area (Å²) in [7, 11) is 0. The average Bonchev–Trinajstić information content (AvgIpc) is 3.20. The van der Waals surface area contributed by atoms with Crippen LogP contribution in [0.1, 0.15) is 32.3 Å². The Bertz CT molecular complexity index is 440. The number of carbonyl (C=O) groups excluding carboxylic acids is 1. The molecule has 4 heteroatoms. The van der Waals surface area contributed by atoms with Crippen molar-refractivity contribution in [3.63, 3.8) is 0 Å². The molecule has 0 spiro atoms. The summed E-state index contributed by atoms with van der Waals surface area (Å²) in [5.41, 5.74) is 6.96. The molecule has 1 aliphatic carbocycles. The van der Waals surface area contributed by atoms with E-state index in [4.69, 9.17) is 17.3 Å². The first kappa shape index (κ1) is 14.4. The molecule has 0 aromatic heterocycles. The Morgan fingerprint density at radius 1 is 1.37 bits per heavy atom. The first-order valence-electron chi connectivity index (χ1n) is 6.79. The van der Waals surface area contributed by atoms with Crippen LogP contribution in [0.5, 0.6) is 0 Å². The zero-order valence-electron chi connectivity index (χ0n) is 11.5. The first-order valence-corrected chi connectivity index (χ1v) is 7.17. The fourth-order valence-corrected chi connectivity index (χ4v) is 2.17. The van der Waals surface area contributed by atoms with Gasteiger partial charge in [0.05, 0.1) is 5.92 Å². The fraction of sp³-hybridized carbons (Fsp3) is 0.533. The van der Waals surface area contributed by atoms with Gasteiger partial charge in [0.15, 0.2) is 0 Å². The molecule has 0 saturated heterocycles. The van der Waals surface area contributed by atoms with E-state index in [9.17, 15) is 4.79 Å². The third-order valence-corrected chi connectivity index (χ3v) is 3.97. The highest BCUT2D eigenvalue weighted by molar-refractivity contribution is 6.30. The molecule has 1 aromatic rings. The molecule has 0 heterocycles. The Labute approximate surface area is 119 Å². The average molecular weight is 281 g/mol. The molecule has 0 bridgehead atoms. The zero-order valence-corrected chi connectivity index (χ0v) is 12.2. The summed E-state index contributed by atoms with van der Waals surface area (Å²) in [5, 5.41) is 0.719. The quantitative estimate of drug-likeness (QED) is 0.901. The molecule has 104 valence electrons. The minimum atomic E-state index is -0.132. The standard InChI is InChI=1S/C15H21ClN2O/c1-10(11(2)17)15(19)18(14-7-8-14)9-12-3-5-13(16)6-4-12/h3-6,10-11,14H,7-9,17H2,1-2H3. The largest absolute Gasteiger partial charge is 0.335 e. The number of nitrogens with zero attached hydrogens (tertiary/aromatic N) is 1. The maximum absolute atomic E-state index is 12.5. The summed E-state index contributed by atoms with van der Waals surface area (Å²) in [6, 6.07) is 7.95. The molecule has 0 radical (unpaired) electrons. The van der Waals surface area contributed by atoms with Gasteiger partial charge in [0.2, 0.25) is 5.91 Å². The molecule has 1 aliphatic rings. The molecule has 0 aliphatic heterocycles. The normalized spacial score (nSPS) is 17.9. The molecule has 19 heavy (non-hydrogen) atoms. The Hall–Kier alpha value is -1.06. The summed E-state index contributed by atoms with van der Waals surface area (Å²) in [5.74, 6) is 0.0281. The predicted molar refractivity (Wildman–Crippen MR) is 77.8 cm³/mol. The lowest BCUT2D eigenvalue weighted by atomic mass is 10.0. The number of carbonyl (C=O) groups is 1. The van der Waals surface area contributed by atoms with E-state index in [1.165, 1.54) is 0 Å². The van der Waals surface area contributed by atoms with E-state index >= 15 is 0 Å². The van der Waals surface area contributed by atoms with E-state index < -0.39 is 0 Å². The van der Waals surface area contributed by atoms with Gasteiger partial charge in [-0.3, -0.25) is 4.79 Å². The Morgan fingerprint density at radius 3 is 2.42 bits per heavy atom. The van der Waals surface area contributed by atoms with E-state index in [2.05, 4.69) is 0 Å². The maximum atomic E-state index is 12.5. The minimum Gasteiger partial charge on any atom is -0.335 e. The van der Waals surface area contributed by atoms with E-state index in [0.29, 0.717) is 12.6 Å². The predicted octanol–water partition coefficient (Wildman–Crippen LogP) is 2.81. The first-order chi connectivity index (χ1) is 8.99. The van der Waals surface area contributed by atoms with E-state index in [1.54, 1.807) is 0 Å². The number of benzene rings is 1. The van der Waals surface area contributed by atoms with Crippen LogP contribution < -0.4 is 5.73 Å². The van der Waals surface area contributed by atoms with Gasteiger partial charge >= 0.3 is 0 Å². The highest BCUT2D eigenvalue weighted by Gasteiger charge is 2.35. The van der Waals surface area contributed by atoms with Gasteiger partial charge in [-0.15, -0.1) is 0 Å². The van der Waals surface area contributed by atoms with Crippen molar-refractivity contribution in [1.82, 2.24) is 4.90 Å². The van der Waals surface area contributed by atoms with E-state index in [1.807, 2.05) is 43.0 Å². The minimum absolute atomic E-state index is 0.112. The summed E-state index contributed by atoms with van der Waals surface area (Å²) >= 11 is 5.88. The molecule has 1 amide bonds. The summed E-state index contributed by atoms with van der Waals surface area (Å²) < 4.78 is 0. The number of amides is 1. The molecule has 2 rings (SSSR count). The van der Waals surface area contributed by atoms with Crippen LogP contribution in [0.3, 0.4) is 0 Å². The summed E-state index contributed by atoms with van der Waals surface area (Å²) in [6.45, 7) is 4.44. The molecular weight excluding hydrogens is 260 g/mol. The number of hydrogen-bond acceptors (Lipinski definition) is 2. The Morgan fingerprint density at radius 2 is 1.95 bits per heavy atom. The van der Waals surface area contributed by atoms with Crippen LogP contribution in [0.15, 0.2) is 24.3 Å². The lowest BCUT2D eigenvalue weighted by molar-refractivity contribution is -0.136. The highest BCUT2D eigenvalue weighted by atomic mass is 35.5. The van der Waals surface area contributed by atoms with Crippen molar-refractivity contribution in [2.24, 2.45) is 11.7 Å². The van der Waals surface area contributed by atoms with Crippen molar-refractivity contribution >= 4 is 17.5 Å². The van der Waals surface area contributed by atoms with Crippen molar-refractivity contribution in [3.8, 4) is 0 Å². The molecule has 1 fully saturated rings.